The van der Waals surface area contributed by atoms with Gasteiger partial charge in [0.2, 0.25) is 0 Å². The van der Waals surface area contributed by atoms with Crippen LogP contribution in [0.3, 0.4) is 0 Å². The highest BCUT2D eigenvalue weighted by molar-refractivity contribution is 6.93. The number of hydrogen-bond donors (Lipinski definition) is 0. The first kappa shape index (κ1) is 38.6. The van der Waals surface area contributed by atoms with Crippen molar-refractivity contribution < 1.29 is 13.3 Å². The van der Waals surface area contributed by atoms with Crippen molar-refractivity contribution in [2.75, 3.05) is 4.81 Å². The van der Waals surface area contributed by atoms with E-state index in [9.17, 15) is 0 Å². The summed E-state index contributed by atoms with van der Waals surface area (Å²) < 4.78 is 24.2. The van der Waals surface area contributed by atoms with Crippen molar-refractivity contribution in [3.8, 4) is 16.8 Å². The first-order valence-corrected chi connectivity index (χ1v) is 23.9. The highest BCUT2D eigenvalue weighted by Crippen LogP contribution is 2.55. The van der Waals surface area contributed by atoms with E-state index in [1.54, 1.807) is 0 Å². The molecule has 0 amide bonds. The van der Waals surface area contributed by atoms with Crippen LogP contribution in [0.2, 0.25) is 0 Å². The van der Waals surface area contributed by atoms with Crippen LogP contribution < -0.4 is 15.9 Å². The third-order valence-corrected chi connectivity index (χ3v) is 16.1. The average molecular weight is 861 g/mol. The van der Waals surface area contributed by atoms with Gasteiger partial charge in [0.05, 0.1) is 22.1 Å². The number of aromatic nitrogens is 1. The molecular weight excluding hydrogens is 807 g/mol. The van der Waals surface area contributed by atoms with E-state index in [1.165, 1.54) is 55.1 Å². The third kappa shape index (κ3) is 4.87. The summed E-state index contributed by atoms with van der Waals surface area (Å²) in [6.07, 6.45) is 2.27. The zero-order chi connectivity index (χ0) is 45.1. The number of rotatable bonds is 1. The summed E-state index contributed by atoms with van der Waals surface area (Å²) in [6, 6.07) is 43.1. The van der Waals surface area contributed by atoms with Gasteiger partial charge in [-0.2, -0.15) is 0 Å². The Kier molecular flexibility index (Phi) is 7.14. The maximum Gasteiger partial charge on any atom is 0.376 e. The Morgan fingerprint density at radius 3 is 1.89 bits per heavy atom. The predicted molar refractivity (Wildman–Crippen MR) is 277 cm³/mol. The first-order valence-electron chi connectivity index (χ1n) is 23.9. The van der Waals surface area contributed by atoms with Gasteiger partial charge in [0, 0.05) is 55.3 Å². The SMILES string of the molecule is CC(C)(C)c1ccc(N2B3c4oc5ccc(C(C)(C)C)cc5c4-n4c5cc6c(cc5c5c7oc8ccccc8c7c(c3c54)-c3cc4c(cc32)oc2ccccc24)C(C)(C)CCC6(C)C)cc1. The van der Waals surface area contributed by atoms with Crippen molar-refractivity contribution >= 4 is 106 Å². The van der Waals surface area contributed by atoms with Crippen molar-refractivity contribution in [2.24, 2.45) is 0 Å². The molecule has 0 N–H and O–H groups in total. The van der Waals surface area contributed by atoms with E-state index in [2.05, 4.69) is 194 Å². The molecule has 2 aliphatic heterocycles. The maximum atomic E-state index is 7.50. The molecule has 66 heavy (non-hydrogen) atoms. The highest BCUT2D eigenvalue weighted by Gasteiger charge is 2.50. The third-order valence-electron chi connectivity index (χ3n) is 16.1. The number of fused-ring (bicyclic) bond motifs is 19. The lowest BCUT2D eigenvalue weighted by molar-refractivity contribution is 0.332. The van der Waals surface area contributed by atoms with Crippen molar-refractivity contribution in [3.05, 3.63) is 138 Å². The Balaban J connectivity index is 1.25. The Hall–Kier alpha value is -6.66. The van der Waals surface area contributed by atoms with Crippen LogP contribution in [0.4, 0.5) is 11.4 Å². The quantitative estimate of drug-likeness (QED) is 0.154. The molecule has 14 rings (SSSR count). The van der Waals surface area contributed by atoms with Crippen LogP contribution in [0.1, 0.15) is 104 Å². The lowest BCUT2D eigenvalue weighted by atomic mass is 9.46. The van der Waals surface area contributed by atoms with Crippen LogP contribution in [0.15, 0.2) is 129 Å². The molecule has 0 atom stereocenters. The van der Waals surface area contributed by atoms with Crippen LogP contribution >= 0.6 is 0 Å². The smallest absolute Gasteiger partial charge is 0.376 e. The van der Waals surface area contributed by atoms with Gasteiger partial charge in [0.1, 0.15) is 33.6 Å². The van der Waals surface area contributed by atoms with Gasteiger partial charge >= 0.3 is 6.85 Å². The molecule has 0 radical (unpaired) electrons. The summed E-state index contributed by atoms with van der Waals surface area (Å²) in [6.45, 7) is 23.2. The number of benzene rings is 7. The minimum atomic E-state index is -0.324. The van der Waals surface area contributed by atoms with E-state index < -0.39 is 0 Å². The normalized spacial score (nSPS) is 16.4. The van der Waals surface area contributed by atoms with Gasteiger partial charge in [-0.05, 0) is 122 Å². The minimum absolute atomic E-state index is 0.00375. The Bertz CT molecular complexity index is 3970. The van der Waals surface area contributed by atoms with Gasteiger partial charge < -0.3 is 22.6 Å². The zero-order valence-corrected chi connectivity index (χ0v) is 39.6. The van der Waals surface area contributed by atoms with Crippen LogP contribution in [0.25, 0.3) is 93.5 Å². The summed E-state index contributed by atoms with van der Waals surface area (Å²) in [5, 5.41) is 8.03. The van der Waals surface area contributed by atoms with Crippen LogP contribution in [-0.4, -0.2) is 11.4 Å². The molecule has 0 fully saturated rings. The van der Waals surface area contributed by atoms with E-state index in [1.807, 2.05) is 0 Å². The van der Waals surface area contributed by atoms with E-state index in [0.29, 0.717) is 0 Å². The summed E-state index contributed by atoms with van der Waals surface area (Å²) in [4.78, 5) is 2.56. The second kappa shape index (κ2) is 12.2. The Labute approximate surface area is 385 Å². The number of furan rings is 3. The van der Waals surface area contributed by atoms with Gasteiger partial charge in [-0.15, -0.1) is 0 Å². The molecule has 324 valence electrons. The Morgan fingerprint density at radius 2 is 1.18 bits per heavy atom. The van der Waals surface area contributed by atoms with Gasteiger partial charge in [-0.1, -0.05) is 124 Å². The summed E-state index contributed by atoms with van der Waals surface area (Å²) in [7, 11) is 0. The molecule has 11 aromatic rings. The molecule has 0 bridgehead atoms. The Morgan fingerprint density at radius 1 is 0.545 bits per heavy atom. The summed E-state index contributed by atoms with van der Waals surface area (Å²) >= 11 is 0. The molecule has 4 aromatic heterocycles. The van der Waals surface area contributed by atoms with Crippen LogP contribution in [0.5, 0.6) is 0 Å². The molecule has 5 nitrogen and oxygen atoms in total. The molecule has 1 aliphatic carbocycles. The number of hydrogen-bond acceptors (Lipinski definition) is 4. The number of nitrogens with zero attached hydrogens (tertiary/aromatic N) is 2. The largest absolute Gasteiger partial charge is 0.466 e. The van der Waals surface area contributed by atoms with E-state index >= 15 is 0 Å². The van der Waals surface area contributed by atoms with Crippen molar-refractivity contribution in [1.29, 1.82) is 0 Å². The fourth-order valence-corrected chi connectivity index (χ4v) is 12.4. The van der Waals surface area contributed by atoms with Gasteiger partial charge in [0.15, 0.2) is 0 Å². The molecule has 7 aromatic carbocycles. The van der Waals surface area contributed by atoms with E-state index in [0.717, 1.165) is 96.0 Å². The predicted octanol–water partition coefficient (Wildman–Crippen LogP) is 15.5. The fraction of sp³-hybridized carbons (Fsp3) is 0.267. The second-order valence-corrected chi connectivity index (χ2v) is 23.1. The number of anilines is 2. The zero-order valence-electron chi connectivity index (χ0n) is 39.6. The molecule has 0 saturated carbocycles. The molecule has 6 heterocycles. The lowest BCUT2D eigenvalue weighted by Gasteiger charge is -2.42. The first-order chi connectivity index (χ1) is 31.5. The van der Waals surface area contributed by atoms with Gasteiger partial charge in [0.25, 0.3) is 0 Å². The van der Waals surface area contributed by atoms with Crippen molar-refractivity contribution in [2.45, 2.75) is 104 Å². The van der Waals surface area contributed by atoms with Crippen molar-refractivity contribution in [1.82, 2.24) is 4.57 Å². The van der Waals surface area contributed by atoms with E-state index in [-0.39, 0.29) is 28.5 Å². The molecule has 3 aliphatic rings. The average Bonchev–Trinajstić information content (AvgIpc) is 4.04. The maximum absolute atomic E-state index is 7.50. The second-order valence-electron chi connectivity index (χ2n) is 23.1. The molecule has 0 spiro atoms. The fourth-order valence-electron chi connectivity index (χ4n) is 12.4. The minimum Gasteiger partial charge on any atom is -0.466 e. The lowest BCUT2D eigenvalue weighted by Crippen LogP contribution is -2.60. The van der Waals surface area contributed by atoms with E-state index in [4.69, 9.17) is 13.3 Å². The molecule has 0 unspecified atom stereocenters. The summed E-state index contributed by atoms with van der Waals surface area (Å²) in [5.74, 6) is 0. The van der Waals surface area contributed by atoms with Crippen LogP contribution in [0, 0.1) is 0 Å². The van der Waals surface area contributed by atoms with Gasteiger partial charge in [-0.25, -0.2) is 0 Å². The number of para-hydroxylation sites is 2. The molecule has 6 heteroatoms. The topological polar surface area (TPSA) is 47.6 Å². The van der Waals surface area contributed by atoms with Gasteiger partial charge in [-0.3, -0.25) is 0 Å². The standard InChI is InChI=1S/C60H53BN2O3/c1-57(2,3)32-19-22-34(23-20-32)63-44-31-48-37(35-15-11-13-17-45(35)64-48)28-38(44)49-50-36-16-12-14-18-46(36)65-55(50)51-39-29-41-42(60(9,10)26-25-59(41,7)8)30-43(39)62-53-40-27-33(58(4,5)6)21-24-47(40)66-56(53)61(63)52(49)54(51)62/h11-24,27-31H,25-26H2,1-10H3. The highest BCUT2D eigenvalue weighted by atomic mass is 16.3. The monoisotopic (exact) mass is 860 g/mol. The van der Waals surface area contributed by atoms with Crippen molar-refractivity contribution in [3.63, 3.8) is 0 Å². The van der Waals surface area contributed by atoms with Crippen LogP contribution in [-0.2, 0) is 21.7 Å². The summed E-state index contributed by atoms with van der Waals surface area (Å²) in [5.41, 5.74) is 20.2. The molecule has 0 saturated heterocycles. The molecular formula is C60H53BN2O3.